The lowest BCUT2D eigenvalue weighted by molar-refractivity contribution is -0.142. The van der Waals surface area contributed by atoms with Gasteiger partial charge in [0.1, 0.15) is 6.61 Å². The van der Waals surface area contributed by atoms with E-state index in [1.807, 2.05) is 0 Å². The Labute approximate surface area is 93.0 Å². The molecular formula is C10H15N3O3. The number of aliphatic carboxylic acids is 1. The highest BCUT2D eigenvalue weighted by molar-refractivity contribution is 5.67. The van der Waals surface area contributed by atoms with E-state index in [2.05, 4.69) is 15.4 Å². The molecule has 0 saturated carbocycles. The predicted molar refractivity (Wildman–Crippen MR) is 55.1 cm³/mol. The van der Waals surface area contributed by atoms with Crippen LogP contribution in [0.4, 0.5) is 0 Å². The molecule has 0 radical (unpaired) electrons. The van der Waals surface area contributed by atoms with E-state index in [0.717, 1.165) is 37.1 Å². The number of carboxylic acid groups (broad SMARTS) is 1. The van der Waals surface area contributed by atoms with Crippen molar-refractivity contribution in [1.82, 2.24) is 15.4 Å². The summed E-state index contributed by atoms with van der Waals surface area (Å²) in [6.45, 7) is 0.238. The van der Waals surface area contributed by atoms with Crippen LogP contribution in [0, 0.1) is 0 Å². The zero-order chi connectivity index (χ0) is 11.4. The van der Waals surface area contributed by atoms with E-state index < -0.39 is 5.97 Å². The van der Waals surface area contributed by atoms with Gasteiger partial charge < -0.3 is 9.84 Å². The van der Waals surface area contributed by atoms with Crippen molar-refractivity contribution in [1.29, 1.82) is 0 Å². The molecule has 1 unspecified atom stereocenters. The van der Waals surface area contributed by atoms with E-state index in [4.69, 9.17) is 9.84 Å². The molecule has 0 amide bonds. The number of hydrogen-bond donors (Lipinski definition) is 2. The molecule has 0 spiro atoms. The van der Waals surface area contributed by atoms with E-state index in [1.165, 1.54) is 0 Å². The fourth-order valence-electron chi connectivity index (χ4n) is 2.10. The van der Waals surface area contributed by atoms with Gasteiger partial charge in [-0.15, -0.1) is 5.10 Å². The zero-order valence-electron chi connectivity index (χ0n) is 8.98. The van der Waals surface area contributed by atoms with Crippen molar-refractivity contribution >= 4 is 5.97 Å². The molecule has 1 heterocycles. The minimum absolute atomic E-state index is 0.224. The molecule has 2 N–H and O–H groups in total. The number of hydrogen-bond acceptors (Lipinski definition) is 4. The van der Waals surface area contributed by atoms with Crippen LogP contribution in [0.5, 0.6) is 0 Å². The van der Waals surface area contributed by atoms with Gasteiger partial charge in [0, 0.05) is 12.5 Å². The van der Waals surface area contributed by atoms with Crippen molar-refractivity contribution in [2.45, 2.75) is 31.6 Å². The Balaban J connectivity index is 1.81. The van der Waals surface area contributed by atoms with Crippen LogP contribution in [0.25, 0.3) is 0 Å². The smallest absolute Gasteiger partial charge is 0.329 e. The first kappa shape index (κ1) is 11.1. The van der Waals surface area contributed by atoms with Gasteiger partial charge in [-0.25, -0.2) is 4.79 Å². The van der Waals surface area contributed by atoms with E-state index in [0.29, 0.717) is 12.5 Å². The van der Waals surface area contributed by atoms with Crippen molar-refractivity contribution in [3.63, 3.8) is 0 Å². The number of fused-ring (bicyclic) bond motifs is 1. The number of H-pyrrole nitrogens is 1. The van der Waals surface area contributed by atoms with Gasteiger partial charge in [0.15, 0.2) is 0 Å². The topological polar surface area (TPSA) is 88.1 Å². The predicted octanol–water partition coefficient (Wildman–Crippen LogP) is 0.716. The van der Waals surface area contributed by atoms with Crippen molar-refractivity contribution in [2.24, 2.45) is 0 Å². The number of aromatic nitrogens is 3. The van der Waals surface area contributed by atoms with Gasteiger partial charge in [-0.05, 0) is 25.7 Å². The van der Waals surface area contributed by atoms with E-state index in [-0.39, 0.29) is 6.61 Å². The lowest BCUT2D eigenvalue weighted by Gasteiger charge is -2.19. The lowest BCUT2D eigenvalue weighted by Crippen LogP contribution is -2.14. The first-order valence-corrected chi connectivity index (χ1v) is 5.46. The largest absolute Gasteiger partial charge is 0.480 e. The third-order valence-corrected chi connectivity index (χ3v) is 2.85. The average molecular weight is 225 g/mol. The Bertz CT molecular complexity index is 364. The molecule has 0 bridgehead atoms. The second kappa shape index (κ2) is 5.07. The first-order valence-electron chi connectivity index (χ1n) is 5.46. The first-order chi connectivity index (χ1) is 7.77. The number of aromatic amines is 1. The molecule has 6 nitrogen and oxygen atoms in total. The summed E-state index contributed by atoms with van der Waals surface area (Å²) in [6, 6.07) is 0. The molecular weight excluding hydrogens is 210 g/mol. The third-order valence-electron chi connectivity index (χ3n) is 2.85. The van der Waals surface area contributed by atoms with Crippen LogP contribution in [0.2, 0.25) is 0 Å². The molecule has 16 heavy (non-hydrogen) atoms. The van der Waals surface area contributed by atoms with Crippen LogP contribution in [0.1, 0.15) is 36.6 Å². The Kier molecular flexibility index (Phi) is 3.51. The summed E-state index contributed by atoms with van der Waals surface area (Å²) in [5.74, 6) is -0.568. The van der Waals surface area contributed by atoms with Crippen LogP contribution in [-0.2, 0) is 16.0 Å². The second-order valence-corrected chi connectivity index (χ2v) is 4.00. The van der Waals surface area contributed by atoms with E-state index in [1.54, 1.807) is 0 Å². The van der Waals surface area contributed by atoms with Gasteiger partial charge in [-0.3, -0.25) is 5.10 Å². The summed E-state index contributed by atoms with van der Waals surface area (Å²) in [4.78, 5) is 10.3. The highest BCUT2D eigenvalue weighted by Crippen LogP contribution is 2.30. The number of nitrogens with zero attached hydrogens (tertiary/aromatic N) is 2. The van der Waals surface area contributed by atoms with Crippen LogP contribution in [0.3, 0.4) is 0 Å². The molecule has 0 fully saturated rings. The minimum Gasteiger partial charge on any atom is -0.480 e. The molecule has 1 aromatic heterocycles. The molecule has 0 aliphatic heterocycles. The standard InChI is InChI=1S/C10H15N3O3/c14-9(15)6-16-5-4-7-2-1-3-8-10(7)12-13-11-8/h7H,1-6H2,(H,14,15)(H,11,12,13). The zero-order valence-corrected chi connectivity index (χ0v) is 8.98. The van der Waals surface area contributed by atoms with Crippen molar-refractivity contribution in [2.75, 3.05) is 13.2 Å². The van der Waals surface area contributed by atoms with Crippen molar-refractivity contribution in [3.05, 3.63) is 11.4 Å². The minimum atomic E-state index is -0.925. The molecule has 88 valence electrons. The van der Waals surface area contributed by atoms with Gasteiger partial charge >= 0.3 is 5.97 Å². The third kappa shape index (κ3) is 2.57. The van der Waals surface area contributed by atoms with Gasteiger partial charge in [0.05, 0.1) is 11.4 Å². The Morgan fingerprint density at radius 2 is 2.50 bits per heavy atom. The monoisotopic (exact) mass is 225 g/mol. The molecule has 0 aromatic carbocycles. The highest BCUT2D eigenvalue weighted by atomic mass is 16.5. The van der Waals surface area contributed by atoms with Gasteiger partial charge in [0.2, 0.25) is 0 Å². The molecule has 1 aliphatic carbocycles. The fourth-order valence-corrected chi connectivity index (χ4v) is 2.10. The SMILES string of the molecule is O=C(O)COCCC1CCCc2[nH]nnc21. The highest BCUT2D eigenvalue weighted by Gasteiger charge is 2.23. The molecule has 1 aromatic rings. The Hall–Kier alpha value is -1.43. The fraction of sp³-hybridized carbons (Fsp3) is 0.700. The summed E-state index contributed by atoms with van der Waals surface area (Å²) >= 11 is 0. The number of carboxylic acids is 1. The number of aryl methyl sites for hydroxylation is 1. The summed E-state index contributed by atoms with van der Waals surface area (Å²) in [5, 5.41) is 19.2. The summed E-state index contributed by atoms with van der Waals surface area (Å²) in [6.07, 6.45) is 4.03. The maximum atomic E-state index is 10.3. The van der Waals surface area contributed by atoms with Crippen LogP contribution >= 0.6 is 0 Å². The molecule has 0 saturated heterocycles. The summed E-state index contributed by atoms with van der Waals surface area (Å²) in [5.41, 5.74) is 2.15. The van der Waals surface area contributed by atoms with E-state index >= 15 is 0 Å². The van der Waals surface area contributed by atoms with Gasteiger partial charge in [-0.2, -0.15) is 0 Å². The van der Waals surface area contributed by atoms with Crippen LogP contribution in [-0.4, -0.2) is 39.7 Å². The van der Waals surface area contributed by atoms with Crippen molar-refractivity contribution < 1.29 is 14.6 Å². The maximum absolute atomic E-state index is 10.3. The van der Waals surface area contributed by atoms with Crippen molar-refractivity contribution in [3.8, 4) is 0 Å². The number of ether oxygens (including phenoxy) is 1. The molecule has 6 heteroatoms. The molecule has 1 aliphatic rings. The van der Waals surface area contributed by atoms with E-state index in [9.17, 15) is 4.79 Å². The quantitative estimate of drug-likeness (QED) is 0.721. The normalized spacial score (nSPS) is 19.4. The number of carbonyl (C=O) groups is 1. The molecule has 1 atom stereocenters. The average Bonchev–Trinajstić information content (AvgIpc) is 2.72. The Morgan fingerprint density at radius 3 is 3.31 bits per heavy atom. The van der Waals surface area contributed by atoms with Crippen LogP contribution < -0.4 is 0 Å². The van der Waals surface area contributed by atoms with Gasteiger partial charge in [-0.1, -0.05) is 5.21 Å². The maximum Gasteiger partial charge on any atom is 0.329 e. The van der Waals surface area contributed by atoms with Crippen LogP contribution in [0.15, 0.2) is 0 Å². The number of nitrogens with one attached hydrogen (secondary N) is 1. The summed E-state index contributed by atoms with van der Waals surface area (Å²) < 4.78 is 5.03. The lowest BCUT2D eigenvalue weighted by atomic mass is 9.88. The van der Waals surface area contributed by atoms with Gasteiger partial charge in [0.25, 0.3) is 0 Å². The summed E-state index contributed by atoms with van der Waals surface area (Å²) in [7, 11) is 0. The molecule has 2 rings (SSSR count). The number of rotatable bonds is 5. The Morgan fingerprint density at radius 1 is 1.62 bits per heavy atom. The second-order valence-electron chi connectivity index (χ2n) is 4.00.